The van der Waals surface area contributed by atoms with E-state index in [1.165, 1.54) is 12.3 Å². The van der Waals surface area contributed by atoms with Crippen molar-refractivity contribution in [3.8, 4) is 0 Å². The number of aromatic amines is 1. The Kier molecular flexibility index (Phi) is 2.18. The van der Waals surface area contributed by atoms with Crippen molar-refractivity contribution in [2.75, 3.05) is 0 Å². The highest BCUT2D eigenvalue weighted by Crippen LogP contribution is 2.01. The van der Waals surface area contributed by atoms with Gasteiger partial charge >= 0.3 is 0 Å². The number of carbonyl (C=O) groups excluding carboxylic acids is 1. The Labute approximate surface area is 57.3 Å². The van der Waals surface area contributed by atoms with E-state index >= 15 is 0 Å². The van der Waals surface area contributed by atoms with E-state index in [0.717, 1.165) is 0 Å². The average Bonchev–Trinajstić information content (AvgIpc) is 2.41. The molecular weight excluding hydrogens is 130 g/mol. The van der Waals surface area contributed by atoms with Gasteiger partial charge in [-0.15, -0.1) is 0 Å². The largest absolute Gasteiger partial charge is 0.261 e. The van der Waals surface area contributed by atoms with Crippen LogP contribution in [0.2, 0.25) is 0 Å². The Morgan fingerprint density at radius 3 is 3.30 bits per heavy atom. The molecule has 4 heteroatoms. The number of hydrogen-bond donors (Lipinski definition) is 1. The summed E-state index contributed by atoms with van der Waals surface area (Å²) in [5.41, 5.74) is 0. The van der Waals surface area contributed by atoms with Crippen LogP contribution in [-0.4, -0.2) is 22.4 Å². The molecule has 0 saturated heterocycles. The second-order valence-electron chi connectivity index (χ2n) is 1.50. The van der Waals surface area contributed by atoms with E-state index in [1.807, 2.05) is 0 Å². The quantitative estimate of drug-likeness (QED) is 0.474. The van der Waals surface area contributed by atoms with Gasteiger partial charge in [-0.3, -0.25) is 5.10 Å². The van der Waals surface area contributed by atoms with Crippen molar-refractivity contribution >= 4 is 18.0 Å². The molecule has 0 amide bonds. The van der Waals surface area contributed by atoms with Crippen molar-refractivity contribution < 1.29 is 4.79 Å². The molecule has 1 aromatic heterocycles. The lowest BCUT2D eigenvalue weighted by atomic mass is 10.6. The van der Waals surface area contributed by atoms with E-state index in [0.29, 0.717) is 5.82 Å². The Hall–Kier alpha value is -1.67. The van der Waals surface area contributed by atoms with Crippen molar-refractivity contribution in [1.82, 2.24) is 10.2 Å². The number of nitrogens with zero attached hydrogens (tertiary/aromatic N) is 2. The zero-order valence-electron chi connectivity index (χ0n) is 5.11. The molecule has 1 N–H and O–H groups in total. The van der Waals surface area contributed by atoms with Crippen LogP contribution in [0.5, 0.6) is 0 Å². The Morgan fingerprint density at radius 2 is 2.70 bits per heavy atom. The molecule has 0 fully saturated rings. The number of aliphatic imine (C=N–C) groups is 1. The third kappa shape index (κ3) is 1.69. The zero-order chi connectivity index (χ0) is 7.23. The molecule has 0 aromatic carbocycles. The third-order valence-corrected chi connectivity index (χ3v) is 0.842. The molecule has 0 spiro atoms. The van der Waals surface area contributed by atoms with Crippen LogP contribution < -0.4 is 0 Å². The molecule has 50 valence electrons. The minimum Gasteiger partial charge on any atom is -0.261 e. The number of allylic oxidation sites excluding steroid dienone is 1. The summed E-state index contributed by atoms with van der Waals surface area (Å²) < 4.78 is 0. The maximum Gasteiger partial charge on any atom is 0.147 e. The highest BCUT2D eigenvalue weighted by Gasteiger charge is 1.82. The van der Waals surface area contributed by atoms with E-state index in [4.69, 9.17) is 0 Å². The van der Waals surface area contributed by atoms with E-state index in [1.54, 1.807) is 18.2 Å². The molecule has 0 radical (unpaired) electrons. The number of rotatable bonds is 2. The normalized spacial score (nSPS) is 9.60. The maximum absolute atomic E-state index is 9.64. The van der Waals surface area contributed by atoms with Crippen LogP contribution in [0.25, 0.3) is 0 Å². The molecule has 0 aliphatic heterocycles. The Bertz CT molecular complexity index is 257. The highest BCUT2D eigenvalue weighted by atomic mass is 16.1. The summed E-state index contributed by atoms with van der Waals surface area (Å²) in [4.78, 5) is 13.4. The van der Waals surface area contributed by atoms with Gasteiger partial charge in [-0.25, -0.2) is 9.79 Å². The molecular formula is C6H5N3O. The molecule has 0 unspecified atom stereocenters. The first-order valence-corrected chi connectivity index (χ1v) is 2.66. The molecule has 1 heterocycles. The molecule has 0 atom stereocenters. The summed E-state index contributed by atoms with van der Waals surface area (Å²) >= 11 is 0. The van der Waals surface area contributed by atoms with Gasteiger partial charge in [0.2, 0.25) is 0 Å². The lowest BCUT2D eigenvalue weighted by Crippen LogP contribution is -1.66. The second kappa shape index (κ2) is 3.37. The van der Waals surface area contributed by atoms with Gasteiger partial charge in [0.25, 0.3) is 0 Å². The van der Waals surface area contributed by atoms with E-state index in [9.17, 15) is 4.79 Å². The van der Waals surface area contributed by atoms with Crippen LogP contribution in [0.15, 0.2) is 23.3 Å². The Balaban J connectivity index is 2.63. The molecule has 0 aliphatic rings. The number of H-pyrrole nitrogens is 1. The summed E-state index contributed by atoms with van der Waals surface area (Å²) in [7, 11) is 0. The van der Waals surface area contributed by atoms with Gasteiger partial charge in [0.15, 0.2) is 0 Å². The SMILES string of the molecule is O=C=C/C=N\c1ccn[nH]1. The van der Waals surface area contributed by atoms with E-state index in [-0.39, 0.29) is 0 Å². The topological polar surface area (TPSA) is 58.1 Å². The van der Waals surface area contributed by atoms with Gasteiger partial charge in [-0.05, 0) is 0 Å². The third-order valence-electron chi connectivity index (χ3n) is 0.842. The monoisotopic (exact) mass is 135 g/mol. The van der Waals surface area contributed by atoms with E-state index < -0.39 is 0 Å². The number of hydrogen-bond acceptors (Lipinski definition) is 3. The minimum absolute atomic E-state index is 0.617. The van der Waals surface area contributed by atoms with Crippen LogP contribution in [0.3, 0.4) is 0 Å². The van der Waals surface area contributed by atoms with Crippen LogP contribution in [-0.2, 0) is 4.79 Å². The van der Waals surface area contributed by atoms with E-state index in [2.05, 4.69) is 15.2 Å². The molecule has 0 aliphatic carbocycles. The minimum atomic E-state index is 0.617. The van der Waals surface area contributed by atoms with Crippen LogP contribution in [0, 0.1) is 0 Å². The lowest BCUT2D eigenvalue weighted by molar-refractivity contribution is 0.569. The summed E-state index contributed by atoms with van der Waals surface area (Å²) in [6.45, 7) is 0. The van der Waals surface area contributed by atoms with Crippen molar-refractivity contribution in [2.45, 2.75) is 0 Å². The van der Waals surface area contributed by atoms with Crippen molar-refractivity contribution in [1.29, 1.82) is 0 Å². The fraction of sp³-hybridized carbons (Fsp3) is 0. The molecule has 1 aromatic rings. The number of aromatic nitrogens is 2. The maximum atomic E-state index is 9.64. The van der Waals surface area contributed by atoms with Gasteiger partial charge in [0, 0.05) is 18.4 Å². The smallest absolute Gasteiger partial charge is 0.147 e. The fourth-order valence-corrected chi connectivity index (χ4v) is 0.468. The van der Waals surface area contributed by atoms with Crippen LogP contribution in [0.4, 0.5) is 5.82 Å². The van der Waals surface area contributed by atoms with Crippen molar-refractivity contribution in [2.24, 2.45) is 4.99 Å². The first-order chi connectivity index (χ1) is 4.93. The standard InChI is InChI=1S/C6H5N3O/c10-5-1-3-7-6-2-4-8-9-6/h1-4H,(H,8,9)/b7-3-. The second-order valence-corrected chi connectivity index (χ2v) is 1.50. The highest BCUT2D eigenvalue weighted by molar-refractivity contribution is 5.82. The lowest BCUT2D eigenvalue weighted by Gasteiger charge is -1.77. The average molecular weight is 135 g/mol. The predicted octanol–water partition coefficient (Wildman–Crippen LogP) is 0.500. The summed E-state index contributed by atoms with van der Waals surface area (Å²) in [5, 5.41) is 6.25. The molecule has 0 bridgehead atoms. The van der Waals surface area contributed by atoms with Gasteiger partial charge < -0.3 is 0 Å². The summed E-state index contributed by atoms with van der Waals surface area (Å²) in [5.74, 6) is 2.19. The van der Waals surface area contributed by atoms with Gasteiger partial charge in [0.1, 0.15) is 11.8 Å². The molecule has 1 rings (SSSR count). The van der Waals surface area contributed by atoms with Gasteiger partial charge in [-0.2, -0.15) is 5.10 Å². The predicted molar refractivity (Wildman–Crippen MR) is 37.0 cm³/mol. The van der Waals surface area contributed by atoms with Crippen molar-refractivity contribution in [3.63, 3.8) is 0 Å². The fourth-order valence-electron chi connectivity index (χ4n) is 0.468. The van der Waals surface area contributed by atoms with Gasteiger partial charge in [0.05, 0.1) is 6.20 Å². The summed E-state index contributed by atoms with van der Waals surface area (Å²) in [6.07, 6.45) is 4.11. The molecule has 0 saturated carbocycles. The van der Waals surface area contributed by atoms with Crippen molar-refractivity contribution in [3.05, 3.63) is 18.3 Å². The first kappa shape index (κ1) is 6.45. The molecule has 4 nitrogen and oxygen atoms in total. The first-order valence-electron chi connectivity index (χ1n) is 2.66. The van der Waals surface area contributed by atoms with Gasteiger partial charge in [-0.1, -0.05) is 0 Å². The Morgan fingerprint density at radius 1 is 1.80 bits per heavy atom. The van der Waals surface area contributed by atoms with Crippen LogP contribution >= 0.6 is 0 Å². The number of nitrogens with one attached hydrogen (secondary N) is 1. The zero-order valence-corrected chi connectivity index (χ0v) is 5.11. The summed E-state index contributed by atoms with van der Waals surface area (Å²) in [6, 6.07) is 1.69. The van der Waals surface area contributed by atoms with Crippen LogP contribution in [0.1, 0.15) is 0 Å². The molecule has 10 heavy (non-hydrogen) atoms.